The topological polar surface area (TPSA) is 20.2 Å². The predicted molar refractivity (Wildman–Crippen MR) is 49.7 cm³/mol. The van der Waals surface area contributed by atoms with E-state index >= 15 is 0 Å². The van der Waals surface area contributed by atoms with Crippen molar-refractivity contribution < 1.29 is 5.11 Å². The Hall–Kier alpha value is -1.15. The minimum atomic E-state index is 0.272. The summed E-state index contributed by atoms with van der Waals surface area (Å²) < 4.78 is 0. The van der Waals surface area contributed by atoms with Crippen molar-refractivity contribution in [2.75, 3.05) is 0 Å². The molecular weight excluding hydrogens is 156 g/mol. The highest BCUT2D eigenvalue weighted by molar-refractivity contribution is 7.79. The number of thiocarbonyl (C=S) groups is 1. The number of hydrogen-bond donors (Lipinski definition) is 1. The highest BCUT2D eigenvalue weighted by atomic mass is 32.1. The lowest BCUT2D eigenvalue weighted by atomic mass is 10.2. The predicted octanol–water partition coefficient (Wildman–Crippen LogP) is 2.28. The highest BCUT2D eigenvalue weighted by Crippen LogP contribution is 2.10. The van der Waals surface area contributed by atoms with Crippen LogP contribution < -0.4 is 0 Å². The maximum Gasteiger partial charge on any atom is 0.115 e. The molecule has 1 N–H and O–H groups in total. The zero-order chi connectivity index (χ0) is 8.10. The number of allylic oxidation sites excluding steroid dienone is 1. The standard InChI is InChI=1S/C9H7OS/c10-9-5-3-8(4-6-9)2-1-7-11/h1-6,10H. The van der Waals surface area contributed by atoms with Gasteiger partial charge in [-0.25, -0.2) is 0 Å². The van der Waals surface area contributed by atoms with Crippen LogP contribution in [0, 0.1) is 0 Å². The molecule has 0 aromatic heterocycles. The Bertz CT molecular complexity index is 261. The van der Waals surface area contributed by atoms with E-state index in [0.717, 1.165) is 5.56 Å². The quantitative estimate of drug-likeness (QED) is 0.533. The van der Waals surface area contributed by atoms with Crippen molar-refractivity contribution in [2.45, 2.75) is 0 Å². The van der Waals surface area contributed by atoms with E-state index < -0.39 is 0 Å². The fourth-order valence-corrected chi connectivity index (χ4v) is 0.784. The van der Waals surface area contributed by atoms with Crippen LogP contribution in [-0.4, -0.2) is 10.5 Å². The largest absolute Gasteiger partial charge is 0.508 e. The van der Waals surface area contributed by atoms with Crippen LogP contribution in [0.1, 0.15) is 5.56 Å². The van der Waals surface area contributed by atoms with Crippen LogP contribution in [0.25, 0.3) is 6.08 Å². The number of aromatic hydroxyl groups is 1. The van der Waals surface area contributed by atoms with E-state index in [4.69, 9.17) is 5.11 Å². The van der Waals surface area contributed by atoms with Crippen molar-refractivity contribution in [2.24, 2.45) is 0 Å². The Balaban J connectivity index is 2.81. The van der Waals surface area contributed by atoms with Crippen LogP contribution in [0.5, 0.6) is 5.75 Å². The first-order chi connectivity index (χ1) is 5.33. The van der Waals surface area contributed by atoms with E-state index in [1.165, 1.54) is 0 Å². The molecule has 0 atom stereocenters. The second-order valence-corrected chi connectivity index (χ2v) is 2.28. The highest BCUT2D eigenvalue weighted by Gasteiger charge is 1.85. The lowest BCUT2D eigenvalue weighted by Gasteiger charge is -1.91. The molecule has 0 fully saturated rings. The van der Waals surface area contributed by atoms with Gasteiger partial charge in [0, 0.05) is 0 Å². The molecular formula is C9H7OS. The third-order valence-corrected chi connectivity index (χ3v) is 1.37. The van der Waals surface area contributed by atoms with Gasteiger partial charge in [-0.2, -0.15) is 0 Å². The number of hydrogen-bond acceptors (Lipinski definition) is 2. The van der Waals surface area contributed by atoms with Gasteiger partial charge in [-0.15, -0.1) is 0 Å². The van der Waals surface area contributed by atoms with Crippen LogP contribution in [-0.2, 0) is 0 Å². The summed E-state index contributed by atoms with van der Waals surface area (Å²) in [4.78, 5) is 0. The molecule has 1 rings (SSSR count). The molecule has 0 amide bonds. The third kappa shape index (κ3) is 2.51. The molecule has 0 heterocycles. The van der Waals surface area contributed by atoms with E-state index in [9.17, 15) is 0 Å². The molecule has 0 saturated heterocycles. The minimum absolute atomic E-state index is 0.272. The van der Waals surface area contributed by atoms with Crippen molar-refractivity contribution in [1.29, 1.82) is 0 Å². The van der Waals surface area contributed by atoms with Crippen molar-refractivity contribution in [3.8, 4) is 5.75 Å². The van der Waals surface area contributed by atoms with Crippen molar-refractivity contribution in [3.05, 3.63) is 35.9 Å². The molecule has 1 radical (unpaired) electrons. The molecule has 1 nitrogen and oxygen atoms in total. The zero-order valence-corrected chi connectivity index (χ0v) is 6.64. The second kappa shape index (κ2) is 3.88. The van der Waals surface area contributed by atoms with E-state index in [1.807, 2.05) is 6.08 Å². The van der Waals surface area contributed by atoms with Crippen molar-refractivity contribution in [1.82, 2.24) is 0 Å². The first-order valence-corrected chi connectivity index (χ1v) is 3.57. The third-order valence-electron chi connectivity index (χ3n) is 1.24. The van der Waals surface area contributed by atoms with Crippen molar-refractivity contribution >= 4 is 23.7 Å². The summed E-state index contributed by atoms with van der Waals surface area (Å²) in [5, 5.41) is 11.4. The van der Waals surface area contributed by atoms with Gasteiger partial charge >= 0.3 is 0 Å². The SMILES string of the molecule is Oc1ccc(C=C[C]=S)cc1. The van der Waals surface area contributed by atoms with Gasteiger partial charge in [-0.1, -0.05) is 30.4 Å². The molecule has 0 bridgehead atoms. The van der Waals surface area contributed by atoms with Gasteiger partial charge in [0.1, 0.15) is 5.75 Å². The molecule has 11 heavy (non-hydrogen) atoms. The smallest absolute Gasteiger partial charge is 0.115 e. The lowest BCUT2D eigenvalue weighted by molar-refractivity contribution is 0.475. The average molecular weight is 163 g/mol. The summed E-state index contributed by atoms with van der Waals surface area (Å²) in [6.07, 6.45) is 3.48. The number of rotatable bonds is 2. The molecule has 1 aromatic carbocycles. The molecule has 0 aliphatic heterocycles. The fraction of sp³-hybridized carbons (Fsp3) is 0. The fourth-order valence-electron chi connectivity index (χ4n) is 0.716. The van der Waals surface area contributed by atoms with Crippen molar-refractivity contribution in [3.63, 3.8) is 0 Å². The lowest BCUT2D eigenvalue weighted by Crippen LogP contribution is -1.69. The van der Waals surface area contributed by atoms with Gasteiger partial charge in [0.15, 0.2) is 0 Å². The normalized spacial score (nSPS) is 10.2. The maximum atomic E-state index is 8.92. The van der Waals surface area contributed by atoms with Crippen LogP contribution in [0.4, 0.5) is 0 Å². The molecule has 0 spiro atoms. The average Bonchev–Trinajstić information content (AvgIpc) is 2.04. The van der Waals surface area contributed by atoms with Gasteiger partial charge in [0.05, 0.1) is 5.37 Å². The Morgan fingerprint density at radius 2 is 1.91 bits per heavy atom. The first-order valence-electron chi connectivity index (χ1n) is 3.16. The Kier molecular flexibility index (Phi) is 2.81. The molecule has 2 heteroatoms. The number of benzene rings is 1. The Morgan fingerprint density at radius 1 is 1.27 bits per heavy atom. The van der Waals surface area contributed by atoms with Crippen LogP contribution >= 0.6 is 12.2 Å². The summed E-state index contributed by atoms with van der Waals surface area (Å²) in [5.41, 5.74) is 1.00. The van der Waals surface area contributed by atoms with E-state index in [1.54, 1.807) is 30.3 Å². The number of phenols is 1. The van der Waals surface area contributed by atoms with Crippen LogP contribution in [0.2, 0.25) is 0 Å². The minimum Gasteiger partial charge on any atom is -0.508 e. The molecule has 0 aliphatic rings. The van der Waals surface area contributed by atoms with E-state index in [2.05, 4.69) is 17.6 Å². The zero-order valence-electron chi connectivity index (χ0n) is 5.82. The summed E-state index contributed by atoms with van der Waals surface area (Å²) in [7, 11) is 0. The summed E-state index contributed by atoms with van der Waals surface area (Å²) >= 11 is 4.49. The summed E-state index contributed by atoms with van der Waals surface area (Å²) in [5.74, 6) is 0.272. The Labute approximate surface area is 71.0 Å². The molecule has 0 unspecified atom stereocenters. The molecule has 0 saturated carbocycles. The monoisotopic (exact) mass is 163 g/mol. The van der Waals surface area contributed by atoms with E-state index in [0.29, 0.717) is 0 Å². The molecule has 55 valence electrons. The maximum absolute atomic E-state index is 8.92. The van der Waals surface area contributed by atoms with Gasteiger partial charge < -0.3 is 5.11 Å². The molecule has 1 aromatic rings. The van der Waals surface area contributed by atoms with E-state index in [-0.39, 0.29) is 5.75 Å². The Morgan fingerprint density at radius 3 is 2.45 bits per heavy atom. The first kappa shape index (κ1) is 7.95. The van der Waals surface area contributed by atoms with Gasteiger partial charge in [0.2, 0.25) is 0 Å². The number of phenolic OH excluding ortho intramolecular Hbond substituents is 1. The molecule has 0 aliphatic carbocycles. The van der Waals surface area contributed by atoms with Crippen LogP contribution in [0.3, 0.4) is 0 Å². The second-order valence-electron chi connectivity index (χ2n) is 2.04. The van der Waals surface area contributed by atoms with Gasteiger partial charge in [0.25, 0.3) is 0 Å². The van der Waals surface area contributed by atoms with Crippen LogP contribution in [0.15, 0.2) is 30.3 Å². The summed E-state index contributed by atoms with van der Waals surface area (Å²) in [6.45, 7) is 0. The van der Waals surface area contributed by atoms with Gasteiger partial charge in [-0.05, 0) is 23.8 Å². The summed E-state index contributed by atoms with van der Waals surface area (Å²) in [6, 6.07) is 6.86. The van der Waals surface area contributed by atoms with Gasteiger partial charge in [-0.3, -0.25) is 0 Å².